The third-order valence-corrected chi connectivity index (χ3v) is 4.76. The minimum absolute atomic E-state index is 0.718. The Labute approximate surface area is 168 Å². The maximum absolute atomic E-state index is 4.53. The lowest BCUT2D eigenvalue weighted by Crippen LogP contribution is -2.26. The largest absolute Gasteiger partial charge is 0.327 e. The Bertz CT molecular complexity index is 896. The molecule has 1 aromatic carbocycles. The minimum Gasteiger partial charge on any atom is -0.327 e. The molecule has 0 saturated heterocycles. The highest BCUT2D eigenvalue weighted by molar-refractivity contribution is 5.56. The SMILES string of the molecule is C=C(C)N(CC1=CC=CCC1)c1cc(N(Cc2ccccc2)C(=C)C)ncn1. The van der Waals surface area contributed by atoms with E-state index in [1.54, 1.807) is 6.33 Å². The van der Waals surface area contributed by atoms with Gasteiger partial charge in [-0.1, -0.05) is 67.3 Å². The van der Waals surface area contributed by atoms with Crippen LogP contribution in [0.5, 0.6) is 0 Å². The summed E-state index contributed by atoms with van der Waals surface area (Å²) in [5.41, 5.74) is 4.49. The van der Waals surface area contributed by atoms with Gasteiger partial charge in [0.1, 0.15) is 18.0 Å². The highest BCUT2D eigenvalue weighted by atomic mass is 15.2. The maximum Gasteiger partial charge on any atom is 0.138 e. The maximum atomic E-state index is 4.53. The van der Waals surface area contributed by atoms with Crippen LogP contribution in [0.3, 0.4) is 0 Å². The van der Waals surface area contributed by atoms with E-state index in [1.807, 2.05) is 38.1 Å². The van der Waals surface area contributed by atoms with Gasteiger partial charge in [0.2, 0.25) is 0 Å². The van der Waals surface area contributed by atoms with Crippen LogP contribution in [0.4, 0.5) is 11.6 Å². The van der Waals surface area contributed by atoms with Gasteiger partial charge in [-0.15, -0.1) is 0 Å². The Morgan fingerprint density at radius 2 is 1.61 bits per heavy atom. The number of nitrogens with zero attached hydrogens (tertiary/aromatic N) is 4. The summed E-state index contributed by atoms with van der Waals surface area (Å²) in [5.74, 6) is 1.69. The normalized spacial score (nSPS) is 13.0. The molecular formula is C24H28N4. The second kappa shape index (κ2) is 9.18. The van der Waals surface area contributed by atoms with Crippen molar-refractivity contribution < 1.29 is 0 Å². The predicted octanol–water partition coefficient (Wildman–Crippen LogP) is 5.63. The van der Waals surface area contributed by atoms with Gasteiger partial charge in [-0.25, -0.2) is 9.97 Å². The zero-order valence-electron chi connectivity index (χ0n) is 16.8. The summed E-state index contributed by atoms with van der Waals surface area (Å²) in [6.07, 6.45) is 10.3. The molecule has 1 aromatic heterocycles. The highest BCUT2D eigenvalue weighted by Crippen LogP contribution is 2.26. The Morgan fingerprint density at radius 1 is 0.964 bits per heavy atom. The van der Waals surface area contributed by atoms with Crippen molar-refractivity contribution in [2.45, 2.75) is 33.2 Å². The number of benzene rings is 1. The van der Waals surface area contributed by atoms with Gasteiger partial charge >= 0.3 is 0 Å². The van der Waals surface area contributed by atoms with Gasteiger partial charge in [-0.05, 0) is 32.3 Å². The summed E-state index contributed by atoms with van der Waals surface area (Å²) in [4.78, 5) is 13.3. The number of allylic oxidation sites excluding steroid dienone is 5. The quantitative estimate of drug-likeness (QED) is 0.601. The standard InChI is InChI=1S/C24H28N4/c1-19(2)27(16-21-11-7-5-8-12-21)23-15-24(26-18-25-23)28(20(3)4)17-22-13-9-6-10-14-22/h5-9,11-13,15,18H,1,3,10,14,16-17H2,2,4H3. The van der Waals surface area contributed by atoms with Crippen molar-refractivity contribution in [3.8, 4) is 0 Å². The van der Waals surface area contributed by atoms with Crippen LogP contribution in [0.25, 0.3) is 0 Å². The van der Waals surface area contributed by atoms with E-state index >= 15 is 0 Å². The molecule has 0 saturated carbocycles. The van der Waals surface area contributed by atoms with Crippen molar-refractivity contribution in [3.05, 3.63) is 96.6 Å². The van der Waals surface area contributed by atoms with E-state index in [1.165, 1.54) is 11.1 Å². The summed E-state index contributed by atoms with van der Waals surface area (Å²) in [6, 6.07) is 12.4. The number of hydrogen-bond donors (Lipinski definition) is 0. The molecule has 0 bridgehead atoms. The summed E-state index contributed by atoms with van der Waals surface area (Å²) in [6.45, 7) is 13.8. The van der Waals surface area contributed by atoms with Crippen molar-refractivity contribution in [1.82, 2.24) is 9.97 Å². The molecule has 0 spiro atoms. The summed E-state index contributed by atoms with van der Waals surface area (Å²) >= 11 is 0. The molecule has 0 radical (unpaired) electrons. The molecule has 3 rings (SSSR count). The first-order valence-electron chi connectivity index (χ1n) is 9.61. The van der Waals surface area contributed by atoms with Gasteiger partial charge in [-0.2, -0.15) is 0 Å². The Kier molecular flexibility index (Phi) is 6.43. The van der Waals surface area contributed by atoms with E-state index in [0.29, 0.717) is 0 Å². The molecule has 1 aliphatic rings. The number of anilines is 2. The van der Waals surface area contributed by atoms with E-state index in [0.717, 1.165) is 49.0 Å². The van der Waals surface area contributed by atoms with Gasteiger partial charge in [0.15, 0.2) is 0 Å². The fraction of sp³-hybridized carbons (Fsp3) is 0.250. The molecular weight excluding hydrogens is 344 g/mol. The molecule has 0 atom stereocenters. The molecule has 0 N–H and O–H groups in total. The molecule has 28 heavy (non-hydrogen) atoms. The first-order chi connectivity index (χ1) is 13.5. The lowest BCUT2D eigenvalue weighted by Gasteiger charge is -2.28. The minimum atomic E-state index is 0.718. The Hall–Kier alpha value is -3.14. The molecule has 0 unspecified atom stereocenters. The van der Waals surface area contributed by atoms with E-state index < -0.39 is 0 Å². The summed E-state index contributed by atoms with van der Waals surface area (Å²) in [7, 11) is 0. The van der Waals surface area contributed by atoms with Crippen LogP contribution >= 0.6 is 0 Å². The van der Waals surface area contributed by atoms with Crippen LogP contribution in [0.15, 0.2) is 91.1 Å². The smallest absolute Gasteiger partial charge is 0.138 e. The molecule has 1 aliphatic carbocycles. The fourth-order valence-corrected chi connectivity index (χ4v) is 3.21. The van der Waals surface area contributed by atoms with Crippen LogP contribution in [-0.2, 0) is 6.54 Å². The van der Waals surface area contributed by atoms with Gasteiger partial charge in [0, 0.05) is 30.5 Å². The third-order valence-electron chi connectivity index (χ3n) is 4.76. The third kappa shape index (κ3) is 4.97. The van der Waals surface area contributed by atoms with Crippen molar-refractivity contribution in [3.63, 3.8) is 0 Å². The van der Waals surface area contributed by atoms with Crippen molar-refractivity contribution in [1.29, 1.82) is 0 Å². The van der Waals surface area contributed by atoms with Gasteiger partial charge in [0.25, 0.3) is 0 Å². The second-order valence-corrected chi connectivity index (χ2v) is 7.15. The predicted molar refractivity (Wildman–Crippen MR) is 118 cm³/mol. The van der Waals surface area contributed by atoms with Crippen LogP contribution in [0.2, 0.25) is 0 Å². The average molecular weight is 373 g/mol. The summed E-state index contributed by atoms with van der Waals surface area (Å²) in [5, 5.41) is 0. The molecule has 0 amide bonds. The highest BCUT2D eigenvalue weighted by Gasteiger charge is 2.16. The first-order valence-corrected chi connectivity index (χ1v) is 9.61. The first kappa shape index (κ1) is 19.6. The topological polar surface area (TPSA) is 32.3 Å². The van der Waals surface area contributed by atoms with E-state index in [9.17, 15) is 0 Å². The van der Waals surface area contributed by atoms with Crippen LogP contribution in [0, 0.1) is 0 Å². The molecule has 144 valence electrons. The van der Waals surface area contributed by atoms with E-state index in [2.05, 4.69) is 63.3 Å². The second-order valence-electron chi connectivity index (χ2n) is 7.15. The zero-order chi connectivity index (χ0) is 19.9. The van der Waals surface area contributed by atoms with Gasteiger partial charge in [-0.3, -0.25) is 0 Å². The lowest BCUT2D eigenvalue weighted by atomic mass is 10.0. The number of hydrogen-bond acceptors (Lipinski definition) is 4. The fourth-order valence-electron chi connectivity index (χ4n) is 3.21. The molecule has 2 aromatic rings. The van der Waals surface area contributed by atoms with Crippen molar-refractivity contribution in [2.24, 2.45) is 0 Å². The summed E-state index contributed by atoms with van der Waals surface area (Å²) < 4.78 is 0. The molecule has 0 aliphatic heterocycles. The van der Waals surface area contributed by atoms with Gasteiger partial charge < -0.3 is 9.80 Å². The van der Waals surface area contributed by atoms with Crippen LogP contribution in [0.1, 0.15) is 32.3 Å². The van der Waals surface area contributed by atoms with E-state index in [-0.39, 0.29) is 0 Å². The molecule has 0 fully saturated rings. The number of rotatable bonds is 8. The lowest BCUT2D eigenvalue weighted by molar-refractivity contribution is 0.849. The molecule has 1 heterocycles. The van der Waals surface area contributed by atoms with Crippen LogP contribution in [-0.4, -0.2) is 16.5 Å². The van der Waals surface area contributed by atoms with Gasteiger partial charge in [0.05, 0.1) is 0 Å². The van der Waals surface area contributed by atoms with E-state index in [4.69, 9.17) is 0 Å². The van der Waals surface area contributed by atoms with Crippen molar-refractivity contribution >= 4 is 11.6 Å². The number of aromatic nitrogens is 2. The average Bonchev–Trinajstić information content (AvgIpc) is 2.71. The molecule has 4 nitrogen and oxygen atoms in total. The van der Waals surface area contributed by atoms with Crippen molar-refractivity contribution in [2.75, 3.05) is 16.3 Å². The molecule has 4 heteroatoms. The monoisotopic (exact) mass is 372 g/mol. The Morgan fingerprint density at radius 3 is 2.18 bits per heavy atom. The Balaban J connectivity index is 1.87. The zero-order valence-corrected chi connectivity index (χ0v) is 16.8. The van der Waals surface area contributed by atoms with Crippen LogP contribution < -0.4 is 9.80 Å².